The van der Waals surface area contributed by atoms with Crippen molar-refractivity contribution in [3.05, 3.63) is 0 Å². The Bertz CT molecular complexity index is 118. The SMILES string of the molecule is O=[Si]([O-])[O-].O=[Si]([O-])[O-].O=[Si]([O-])[O-].[Al+3].[La+3]. The van der Waals surface area contributed by atoms with Crippen LogP contribution in [0.5, 0.6) is 0 Å². The van der Waals surface area contributed by atoms with Crippen molar-refractivity contribution >= 4 is 44.9 Å². The fraction of sp³-hybridized carbons (Fsp3) is 0. The maximum atomic E-state index is 8.52. The maximum absolute atomic E-state index is 8.52. The predicted octanol–water partition coefficient (Wildman–Crippen LogP) is -9.01. The number of hydrogen-bond donors (Lipinski definition) is 0. The molecule has 0 fully saturated rings. The average molecular weight is 394 g/mol. The molecule has 0 heterocycles. The van der Waals surface area contributed by atoms with E-state index >= 15 is 0 Å². The summed E-state index contributed by atoms with van der Waals surface area (Å²) < 4.78 is 25.6. The summed E-state index contributed by atoms with van der Waals surface area (Å²) in [5.41, 5.74) is 0. The normalized spacial score (nSPS) is 5.14. The van der Waals surface area contributed by atoms with Gasteiger partial charge in [-0.2, -0.15) is 0 Å². The first-order valence-corrected chi connectivity index (χ1v) is 5.51. The van der Waals surface area contributed by atoms with Gasteiger partial charge in [-0.1, -0.05) is 0 Å². The quantitative estimate of drug-likeness (QED) is 0.359. The summed E-state index contributed by atoms with van der Waals surface area (Å²) in [6.07, 6.45) is 0. The van der Waals surface area contributed by atoms with Crippen LogP contribution in [0, 0.1) is 35.6 Å². The Morgan fingerprint density at radius 1 is 0.571 bits per heavy atom. The molecule has 0 aromatic carbocycles. The van der Waals surface area contributed by atoms with Crippen molar-refractivity contribution in [1.82, 2.24) is 0 Å². The molecule has 0 aliphatic carbocycles. The van der Waals surface area contributed by atoms with E-state index in [1.165, 1.54) is 0 Å². The Morgan fingerprint density at radius 2 is 0.571 bits per heavy atom. The van der Waals surface area contributed by atoms with Crippen LogP contribution in [0.4, 0.5) is 0 Å². The van der Waals surface area contributed by atoms with Gasteiger partial charge in [0.2, 0.25) is 0 Å². The van der Waals surface area contributed by atoms with E-state index in [1.54, 1.807) is 0 Å². The molecule has 0 aliphatic rings. The van der Waals surface area contributed by atoms with Crippen molar-refractivity contribution in [2.24, 2.45) is 0 Å². The molecule has 0 aromatic rings. The summed E-state index contributed by atoms with van der Waals surface area (Å²) in [5, 5.41) is 0. The molecule has 0 saturated carbocycles. The molecule has 9 nitrogen and oxygen atoms in total. The van der Waals surface area contributed by atoms with Gasteiger partial charge in [-0.25, -0.2) is 0 Å². The van der Waals surface area contributed by atoms with Crippen molar-refractivity contribution in [2.75, 3.05) is 0 Å². The van der Waals surface area contributed by atoms with Crippen LogP contribution in [-0.2, 0) is 13.4 Å². The van der Waals surface area contributed by atoms with Crippen LogP contribution in [0.15, 0.2) is 0 Å². The van der Waals surface area contributed by atoms with Crippen LogP contribution in [-0.4, -0.2) is 44.9 Å². The molecule has 0 aliphatic heterocycles. The summed E-state index contributed by atoms with van der Waals surface area (Å²) in [7, 11) is -10.9. The number of rotatable bonds is 0. The van der Waals surface area contributed by atoms with Gasteiger partial charge >= 0.3 is 53.0 Å². The van der Waals surface area contributed by atoms with E-state index in [-0.39, 0.29) is 53.0 Å². The molecule has 0 bridgehead atoms. The minimum Gasteiger partial charge on any atom is -0.672 e. The predicted molar refractivity (Wildman–Crippen MR) is 25.1 cm³/mol. The van der Waals surface area contributed by atoms with E-state index in [2.05, 4.69) is 0 Å². The fourth-order valence-electron chi connectivity index (χ4n) is 0. The molecule has 0 unspecified atom stereocenters. The zero-order chi connectivity index (χ0) is 10.7. The van der Waals surface area contributed by atoms with Gasteiger partial charge in [0.05, 0.1) is 0 Å². The summed E-state index contributed by atoms with van der Waals surface area (Å²) in [6.45, 7) is 0. The third-order valence-corrected chi connectivity index (χ3v) is 0. The standard InChI is InChI=1S/Al.La.3O3Si/c;;3*1-4(2)3/q2*+3;3*-2. The van der Waals surface area contributed by atoms with Gasteiger partial charge in [0.25, 0.3) is 0 Å². The second-order valence-electron chi connectivity index (χ2n) is 0.750. The first kappa shape index (κ1) is 29.3. The summed E-state index contributed by atoms with van der Waals surface area (Å²) in [6, 6.07) is 0. The topological polar surface area (TPSA) is 190 Å². The monoisotopic (exact) mass is 394 g/mol. The molecule has 0 aromatic heterocycles. The molecule has 0 N–H and O–H groups in total. The fourth-order valence-corrected chi connectivity index (χ4v) is 0. The summed E-state index contributed by atoms with van der Waals surface area (Å²) in [5.74, 6) is 0. The summed E-state index contributed by atoms with van der Waals surface area (Å²) in [4.78, 5) is 51.1. The average Bonchev–Trinajstić information content (AvgIpc) is 1.54. The first-order valence-electron chi connectivity index (χ1n) is 1.84. The van der Waals surface area contributed by atoms with E-state index in [0.29, 0.717) is 0 Å². The molecule has 0 radical (unpaired) electrons. The Kier molecular flexibility index (Phi) is 49.0. The molecular weight excluding hydrogens is 394 g/mol. The largest absolute Gasteiger partial charge is 3.00 e. The van der Waals surface area contributed by atoms with Gasteiger partial charge in [-0.05, 0) is 0 Å². The van der Waals surface area contributed by atoms with Crippen molar-refractivity contribution in [1.29, 1.82) is 0 Å². The Hall–Kier alpha value is 0.578. The minimum atomic E-state index is -3.63. The summed E-state index contributed by atoms with van der Waals surface area (Å²) >= 11 is 0. The van der Waals surface area contributed by atoms with E-state index in [1.807, 2.05) is 0 Å². The van der Waals surface area contributed by atoms with Crippen LogP contribution in [0.1, 0.15) is 0 Å². The van der Waals surface area contributed by atoms with Gasteiger partial charge in [-0.3, -0.25) is 0 Å². The van der Waals surface area contributed by atoms with Crippen LogP contribution in [0.25, 0.3) is 0 Å². The molecule has 14 heavy (non-hydrogen) atoms. The van der Waals surface area contributed by atoms with Gasteiger partial charge in [0.1, 0.15) is 0 Å². The third kappa shape index (κ3) is 5050. The van der Waals surface area contributed by atoms with Gasteiger partial charge < -0.3 is 42.2 Å². The van der Waals surface area contributed by atoms with E-state index < -0.39 is 27.5 Å². The Balaban J connectivity index is -0.0000000270. The van der Waals surface area contributed by atoms with E-state index in [9.17, 15) is 0 Å². The third-order valence-electron chi connectivity index (χ3n) is 0. The van der Waals surface area contributed by atoms with E-state index in [4.69, 9.17) is 42.2 Å². The second-order valence-corrected chi connectivity index (χ2v) is 2.25. The number of hydrogen-bond acceptors (Lipinski definition) is 9. The van der Waals surface area contributed by atoms with Crippen molar-refractivity contribution in [3.63, 3.8) is 0 Å². The first-order chi connectivity index (χ1) is 5.20. The van der Waals surface area contributed by atoms with Gasteiger partial charge in [0.15, 0.2) is 0 Å². The van der Waals surface area contributed by atoms with Crippen molar-refractivity contribution in [3.8, 4) is 0 Å². The molecule has 72 valence electrons. The molecular formula is AlLaO9Si3. The Morgan fingerprint density at radius 3 is 0.571 bits per heavy atom. The van der Waals surface area contributed by atoms with Crippen LogP contribution >= 0.6 is 0 Å². The molecule has 0 spiro atoms. The molecule has 0 atom stereocenters. The van der Waals surface area contributed by atoms with Crippen LogP contribution in [0.2, 0.25) is 0 Å². The second kappa shape index (κ2) is 23.4. The zero-order valence-corrected chi connectivity index (χ0v) is 14.1. The zero-order valence-electron chi connectivity index (χ0n) is 6.33. The van der Waals surface area contributed by atoms with E-state index in [0.717, 1.165) is 0 Å². The molecule has 0 saturated heterocycles. The molecule has 0 rings (SSSR count). The van der Waals surface area contributed by atoms with Crippen molar-refractivity contribution < 1.29 is 77.8 Å². The molecule has 14 heteroatoms. The Labute approximate surface area is 121 Å². The van der Waals surface area contributed by atoms with Crippen LogP contribution < -0.4 is 28.8 Å². The minimum absolute atomic E-state index is 0. The van der Waals surface area contributed by atoms with Gasteiger partial charge in [0, 0.05) is 27.5 Å². The van der Waals surface area contributed by atoms with Crippen LogP contribution in [0.3, 0.4) is 0 Å². The van der Waals surface area contributed by atoms with Crippen molar-refractivity contribution in [2.45, 2.75) is 0 Å². The molecule has 0 amide bonds. The maximum Gasteiger partial charge on any atom is 3.00 e. The van der Waals surface area contributed by atoms with Gasteiger partial charge in [-0.15, -0.1) is 0 Å². The smallest absolute Gasteiger partial charge is 0.672 e.